The van der Waals surface area contributed by atoms with Crippen molar-refractivity contribution in [2.24, 2.45) is 0 Å². The zero-order valence-corrected chi connectivity index (χ0v) is 16.2. The number of amides is 1. The van der Waals surface area contributed by atoms with Crippen molar-refractivity contribution < 1.29 is 22.7 Å². The number of hydrogen-bond acceptors (Lipinski definition) is 5. The fourth-order valence-corrected chi connectivity index (χ4v) is 3.58. The highest BCUT2D eigenvalue weighted by Gasteiger charge is 2.16. The normalized spacial score (nSPS) is 11.1. The van der Waals surface area contributed by atoms with Crippen molar-refractivity contribution in [2.45, 2.75) is 25.7 Å². The van der Waals surface area contributed by atoms with Crippen molar-refractivity contribution in [3.8, 4) is 0 Å². The van der Waals surface area contributed by atoms with Gasteiger partial charge in [-0.05, 0) is 44.0 Å². The van der Waals surface area contributed by atoms with Crippen LogP contribution in [0.4, 0.5) is 5.69 Å². The third-order valence-electron chi connectivity index (χ3n) is 3.77. The van der Waals surface area contributed by atoms with Gasteiger partial charge in [-0.2, -0.15) is 4.72 Å². The number of esters is 1. The van der Waals surface area contributed by atoms with Crippen LogP contribution in [0.15, 0.2) is 47.4 Å². The predicted molar refractivity (Wildman–Crippen MR) is 102 cm³/mol. The number of hydrogen-bond donors (Lipinski definition) is 2. The number of aryl methyl sites for hydroxylation is 3. The molecule has 0 unspecified atom stereocenters. The molecule has 2 rings (SSSR count). The molecule has 27 heavy (non-hydrogen) atoms. The Morgan fingerprint density at radius 3 is 2.19 bits per heavy atom. The monoisotopic (exact) mass is 390 g/mol. The first kappa shape index (κ1) is 20.6. The predicted octanol–water partition coefficient (Wildman–Crippen LogP) is 2.07. The lowest BCUT2D eigenvalue weighted by molar-refractivity contribution is -0.146. The van der Waals surface area contributed by atoms with E-state index in [0.29, 0.717) is 5.69 Å². The highest BCUT2D eigenvalue weighted by Crippen LogP contribution is 2.21. The Bertz CT molecular complexity index is 917. The Morgan fingerprint density at radius 1 is 1.00 bits per heavy atom. The van der Waals surface area contributed by atoms with E-state index in [2.05, 4.69) is 10.0 Å². The molecule has 0 radical (unpaired) electrons. The number of nitrogens with one attached hydrogen (secondary N) is 2. The van der Waals surface area contributed by atoms with Crippen molar-refractivity contribution in [2.75, 3.05) is 18.5 Å². The Morgan fingerprint density at radius 2 is 1.59 bits per heavy atom. The Balaban J connectivity index is 1.84. The van der Waals surface area contributed by atoms with Crippen molar-refractivity contribution in [3.05, 3.63) is 59.2 Å². The minimum absolute atomic E-state index is 0.0425. The molecule has 144 valence electrons. The summed E-state index contributed by atoms with van der Waals surface area (Å²) in [6.07, 6.45) is 0. The summed E-state index contributed by atoms with van der Waals surface area (Å²) in [6.45, 7) is 4.65. The largest absolute Gasteiger partial charge is 0.455 e. The van der Waals surface area contributed by atoms with Gasteiger partial charge in [0.1, 0.15) is 6.54 Å². The van der Waals surface area contributed by atoms with Crippen LogP contribution in [-0.4, -0.2) is 33.4 Å². The topological polar surface area (TPSA) is 102 Å². The van der Waals surface area contributed by atoms with Gasteiger partial charge in [0.15, 0.2) is 6.61 Å². The smallest absolute Gasteiger partial charge is 0.321 e. The van der Waals surface area contributed by atoms with Gasteiger partial charge in [0.2, 0.25) is 10.0 Å². The molecule has 1 amide bonds. The van der Waals surface area contributed by atoms with Crippen LogP contribution in [0.1, 0.15) is 16.7 Å². The molecule has 0 heterocycles. The van der Waals surface area contributed by atoms with Gasteiger partial charge in [-0.3, -0.25) is 9.59 Å². The fourth-order valence-electron chi connectivity index (χ4n) is 2.59. The Hall–Kier alpha value is -2.71. The summed E-state index contributed by atoms with van der Waals surface area (Å²) in [7, 11) is -3.81. The second-order valence-corrected chi connectivity index (χ2v) is 7.89. The average molecular weight is 390 g/mol. The van der Waals surface area contributed by atoms with Crippen LogP contribution in [-0.2, 0) is 24.3 Å². The molecule has 0 saturated heterocycles. The van der Waals surface area contributed by atoms with Crippen LogP contribution in [0.5, 0.6) is 0 Å². The molecule has 2 aromatic carbocycles. The standard InChI is InChI=1S/C19H22N2O5S/c1-13-9-14(2)19(15(3)10-13)21-17(22)12-26-18(23)11-20-27(24,25)16-7-5-4-6-8-16/h4-10,20H,11-12H2,1-3H3,(H,21,22). The molecular formula is C19H22N2O5S. The van der Waals surface area contributed by atoms with Gasteiger partial charge in [-0.15, -0.1) is 0 Å². The number of ether oxygens (including phenoxy) is 1. The quantitative estimate of drug-likeness (QED) is 0.705. The zero-order chi connectivity index (χ0) is 20.0. The van der Waals surface area contributed by atoms with Gasteiger partial charge >= 0.3 is 5.97 Å². The van der Waals surface area contributed by atoms with E-state index in [9.17, 15) is 18.0 Å². The molecule has 2 N–H and O–H groups in total. The van der Waals surface area contributed by atoms with Crippen LogP contribution < -0.4 is 10.0 Å². The molecule has 0 saturated carbocycles. The highest BCUT2D eigenvalue weighted by atomic mass is 32.2. The summed E-state index contributed by atoms with van der Waals surface area (Å²) in [5, 5.41) is 2.70. The number of benzene rings is 2. The van der Waals surface area contributed by atoms with Crippen molar-refractivity contribution in [3.63, 3.8) is 0 Å². The highest BCUT2D eigenvalue weighted by molar-refractivity contribution is 7.89. The van der Waals surface area contributed by atoms with Gasteiger partial charge in [-0.1, -0.05) is 35.9 Å². The Labute approximate surface area is 158 Å². The summed E-state index contributed by atoms with van der Waals surface area (Å²) < 4.78 is 31.0. The van der Waals surface area contributed by atoms with E-state index < -0.39 is 35.1 Å². The fraction of sp³-hybridized carbons (Fsp3) is 0.263. The van der Waals surface area contributed by atoms with E-state index >= 15 is 0 Å². The lowest BCUT2D eigenvalue weighted by Crippen LogP contribution is -2.32. The molecule has 0 aromatic heterocycles. The summed E-state index contributed by atoms with van der Waals surface area (Å²) in [5.41, 5.74) is 3.57. The number of rotatable bonds is 7. The summed E-state index contributed by atoms with van der Waals surface area (Å²) in [4.78, 5) is 23.8. The molecule has 2 aromatic rings. The van der Waals surface area contributed by atoms with Crippen molar-refractivity contribution in [1.29, 1.82) is 0 Å². The third-order valence-corrected chi connectivity index (χ3v) is 5.18. The molecule has 7 nitrogen and oxygen atoms in total. The molecule has 0 atom stereocenters. The van der Waals surface area contributed by atoms with E-state index in [0.717, 1.165) is 16.7 Å². The first-order valence-corrected chi connectivity index (χ1v) is 9.75. The summed E-state index contributed by atoms with van der Waals surface area (Å²) in [6, 6.07) is 11.5. The maximum Gasteiger partial charge on any atom is 0.321 e. The SMILES string of the molecule is Cc1cc(C)c(NC(=O)COC(=O)CNS(=O)(=O)c2ccccc2)c(C)c1. The van der Waals surface area contributed by atoms with Crippen LogP contribution in [0.25, 0.3) is 0 Å². The lowest BCUT2D eigenvalue weighted by atomic mass is 10.1. The molecule has 0 bridgehead atoms. The van der Waals surface area contributed by atoms with Crippen LogP contribution in [0.2, 0.25) is 0 Å². The third kappa shape index (κ3) is 5.90. The van der Waals surface area contributed by atoms with E-state index in [4.69, 9.17) is 4.74 Å². The van der Waals surface area contributed by atoms with E-state index in [1.54, 1.807) is 18.2 Å². The average Bonchev–Trinajstić information content (AvgIpc) is 2.62. The number of carbonyl (C=O) groups is 2. The van der Waals surface area contributed by atoms with Gasteiger partial charge in [-0.25, -0.2) is 8.42 Å². The molecule has 8 heteroatoms. The zero-order valence-electron chi connectivity index (χ0n) is 15.4. The number of carbonyl (C=O) groups excluding carboxylic acids is 2. The van der Waals surface area contributed by atoms with E-state index in [1.165, 1.54) is 12.1 Å². The summed E-state index contributed by atoms with van der Waals surface area (Å²) in [5.74, 6) is -1.34. The number of anilines is 1. The van der Waals surface area contributed by atoms with Crippen molar-refractivity contribution in [1.82, 2.24) is 4.72 Å². The van der Waals surface area contributed by atoms with Gasteiger partial charge < -0.3 is 10.1 Å². The molecule has 0 spiro atoms. The molecule has 0 aliphatic heterocycles. The van der Waals surface area contributed by atoms with E-state index in [-0.39, 0.29) is 4.90 Å². The van der Waals surface area contributed by atoms with Gasteiger partial charge in [0, 0.05) is 5.69 Å². The maximum atomic E-state index is 12.0. The molecular weight excluding hydrogens is 368 g/mol. The summed E-state index contributed by atoms with van der Waals surface area (Å²) >= 11 is 0. The first-order chi connectivity index (χ1) is 12.7. The minimum atomic E-state index is -3.81. The van der Waals surface area contributed by atoms with Crippen LogP contribution >= 0.6 is 0 Å². The molecule has 0 fully saturated rings. The van der Waals surface area contributed by atoms with Crippen LogP contribution in [0, 0.1) is 20.8 Å². The van der Waals surface area contributed by atoms with Gasteiger partial charge in [0.25, 0.3) is 5.91 Å². The first-order valence-electron chi connectivity index (χ1n) is 8.27. The second-order valence-electron chi connectivity index (χ2n) is 6.12. The number of sulfonamides is 1. The molecule has 0 aliphatic carbocycles. The van der Waals surface area contributed by atoms with Crippen molar-refractivity contribution >= 4 is 27.6 Å². The maximum absolute atomic E-state index is 12.0. The van der Waals surface area contributed by atoms with E-state index in [1.807, 2.05) is 32.9 Å². The van der Waals surface area contributed by atoms with Gasteiger partial charge in [0.05, 0.1) is 4.90 Å². The van der Waals surface area contributed by atoms with Crippen LogP contribution in [0.3, 0.4) is 0 Å². The lowest BCUT2D eigenvalue weighted by Gasteiger charge is -2.13. The minimum Gasteiger partial charge on any atom is -0.455 e. The second kappa shape index (κ2) is 8.79. The molecule has 0 aliphatic rings. The Kier molecular flexibility index (Phi) is 6.70.